The maximum atomic E-state index is 13.8. The van der Waals surface area contributed by atoms with Gasteiger partial charge >= 0.3 is 0 Å². The highest BCUT2D eigenvalue weighted by atomic mass is 35.5. The van der Waals surface area contributed by atoms with Crippen molar-refractivity contribution in [3.63, 3.8) is 0 Å². The third-order valence-electron chi connectivity index (χ3n) is 10.1. The number of piperidine rings is 1. The van der Waals surface area contributed by atoms with Crippen LogP contribution in [0.2, 0.25) is 5.02 Å². The van der Waals surface area contributed by atoms with E-state index in [0.29, 0.717) is 23.8 Å². The Labute approximate surface area is 214 Å². The predicted molar refractivity (Wildman–Crippen MR) is 139 cm³/mol. The lowest BCUT2D eigenvalue weighted by Crippen LogP contribution is -2.64. The number of nitrogens with zero attached hydrogens (tertiary/aromatic N) is 1. The summed E-state index contributed by atoms with van der Waals surface area (Å²) in [6, 6.07) is 7.77. The van der Waals surface area contributed by atoms with Gasteiger partial charge in [0.05, 0.1) is 10.8 Å². The highest BCUT2D eigenvalue weighted by Crippen LogP contribution is 2.82. The molecule has 5 rings (SSSR count). The van der Waals surface area contributed by atoms with E-state index in [9.17, 15) is 9.59 Å². The van der Waals surface area contributed by atoms with E-state index in [1.807, 2.05) is 24.3 Å². The molecule has 190 valence electrons. The number of nitrogens with two attached hydrogens (primary N) is 2. The lowest BCUT2D eigenvalue weighted by Gasteiger charge is -2.53. The summed E-state index contributed by atoms with van der Waals surface area (Å²) in [7, 11) is 0. The number of primary amides is 2. The quantitative estimate of drug-likeness (QED) is 0.489. The van der Waals surface area contributed by atoms with Crippen molar-refractivity contribution in [2.75, 3.05) is 19.6 Å². The molecule has 1 aromatic carbocycles. The van der Waals surface area contributed by atoms with Gasteiger partial charge in [-0.25, -0.2) is 0 Å². The van der Waals surface area contributed by atoms with Crippen molar-refractivity contribution in [1.82, 2.24) is 4.90 Å². The Kier molecular flexibility index (Phi) is 6.32. The van der Waals surface area contributed by atoms with E-state index in [4.69, 9.17) is 23.1 Å². The molecular formula is C29H40ClN3O2. The fourth-order valence-electron chi connectivity index (χ4n) is 8.44. The second-order valence-electron chi connectivity index (χ2n) is 12.1. The Morgan fingerprint density at radius 2 is 1.66 bits per heavy atom. The van der Waals surface area contributed by atoms with Crippen LogP contribution in [0.15, 0.2) is 36.4 Å². The van der Waals surface area contributed by atoms with Crippen molar-refractivity contribution in [1.29, 1.82) is 0 Å². The van der Waals surface area contributed by atoms with Crippen LogP contribution in [0.1, 0.15) is 57.9 Å². The van der Waals surface area contributed by atoms with Crippen LogP contribution in [0.5, 0.6) is 0 Å². The molecule has 3 aliphatic carbocycles. The number of halogens is 1. The average Bonchev–Trinajstić information content (AvgIpc) is 3.50. The molecule has 35 heavy (non-hydrogen) atoms. The average molecular weight is 498 g/mol. The standard InChI is InChI=1S/C29H40ClN3O2/c1-19(2)10-16-33-17-11-21(12-18-33)29(26(32)35)24-8-7-23(27(24)14-15-27)28(29,25(31)34)13-9-20-3-5-22(30)6-4-20/h3-8,19,21,23-24H,9-18H2,1-2H3,(H2,31,34)(H2,32,35)/t23-,24+,28-,29-/m0/s1. The molecule has 0 radical (unpaired) electrons. The van der Waals surface area contributed by atoms with Crippen LogP contribution in [0.25, 0.3) is 0 Å². The zero-order chi connectivity index (χ0) is 25.0. The Bertz CT molecular complexity index is 1010. The molecule has 2 bridgehead atoms. The van der Waals surface area contributed by atoms with E-state index >= 15 is 0 Å². The number of rotatable bonds is 9. The minimum atomic E-state index is -0.945. The molecular weight excluding hydrogens is 458 g/mol. The number of carbonyl (C=O) groups is 2. The summed E-state index contributed by atoms with van der Waals surface area (Å²) in [4.78, 5) is 29.9. The van der Waals surface area contributed by atoms with Crippen LogP contribution in [0.4, 0.5) is 0 Å². The highest BCUT2D eigenvalue weighted by Gasteiger charge is 2.83. The van der Waals surface area contributed by atoms with Gasteiger partial charge in [0.15, 0.2) is 0 Å². The molecule has 2 amide bonds. The summed E-state index contributed by atoms with van der Waals surface area (Å²) in [6.45, 7) is 7.50. The summed E-state index contributed by atoms with van der Waals surface area (Å²) < 4.78 is 0. The highest BCUT2D eigenvalue weighted by molar-refractivity contribution is 6.30. The van der Waals surface area contributed by atoms with Crippen LogP contribution in [0.3, 0.4) is 0 Å². The monoisotopic (exact) mass is 497 g/mol. The minimum absolute atomic E-state index is 0.00345. The summed E-state index contributed by atoms with van der Waals surface area (Å²) in [5.41, 5.74) is 12.0. The van der Waals surface area contributed by atoms with Gasteiger partial charge in [-0.2, -0.15) is 0 Å². The third-order valence-corrected chi connectivity index (χ3v) is 10.4. The van der Waals surface area contributed by atoms with Gasteiger partial charge in [-0.15, -0.1) is 0 Å². The second-order valence-corrected chi connectivity index (χ2v) is 12.5. The molecule has 6 heteroatoms. The molecule has 1 aromatic rings. The molecule has 1 saturated heterocycles. The van der Waals surface area contributed by atoms with Gasteiger partial charge in [0.1, 0.15) is 0 Å². The molecule has 3 fully saturated rings. The molecule has 4 N–H and O–H groups in total. The first-order valence-electron chi connectivity index (χ1n) is 13.4. The van der Waals surface area contributed by atoms with Gasteiger partial charge in [0.2, 0.25) is 11.8 Å². The number of aryl methyl sites for hydroxylation is 1. The number of amides is 2. The molecule has 2 saturated carbocycles. The first-order chi connectivity index (χ1) is 16.7. The number of hydrogen-bond acceptors (Lipinski definition) is 3. The lowest BCUT2D eigenvalue weighted by molar-refractivity contribution is -0.160. The van der Waals surface area contributed by atoms with E-state index in [2.05, 4.69) is 30.9 Å². The van der Waals surface area contributed by atoms with Gasteiger partial charge in [-0.05, 0) is 111 Å². The zero-order valence-electron chi connectivity index (χ0n) is 21.1. The first kappa shape index (κ1) is 24.8. The Balaban J connectivity index is 1.51. The lowest BCUT2D eigenvalue weighted by atomic mass is 9.48. The van der Waals surface area contributed by atoms with E-state index < -0.39 is 10.8 Å². The maximum Gasteiger partial charge on any atom is 0.225 e. The topological polar surface area (TPSA) is 89.4 Å². The van der Waals surface area contributed by atoms with Crippen LogP contribution >= 0.6 is 11.6 Å². The smallest absolute Gasteiger partial charge is 0.225 e. The van der Waals surface area contributed by atoms with Crippen molar-refractivity contribution in [2.24, 2.45) is 51.4 Å². The van der Waals surface area contributed by atoms with Crippen molar-refractivity contribution in [3.05, 3.63) is 47.0 Å². The molecule has 5 nitrogen and oxygen atoms in total. The molecule has 0 aromatic heterocycles. The van der Waals surface area contributed by atoms with E-state index in [-0.39, 0.29) is 35.0 Å². The van der Waals surface area contributed by atoms with Gasteiger partial charge in [-0.3, -0.25) is 9.59 Å². The maximum absolute atomic E-state index is 13.8. The van der Waals surface area contributed by atoms with E-state index in [0.717, 1.165) is 50.9 Å². The number of likely N-dealkylation sites (tertiary alicyclic amines) is 1. The van der Waals surface area contributed by atoms with E-state index in [1.165, 1.54) is 6.42 Å². The second kappa shape index (κ2) is 8.92. The summed E-state index contributed by atoms with van der Waals surface area (Å²) >= 11 is 6.11. The fourth-order valence-corrected chi connectivity index (χ4v) is 8.57. The summed E-state index contributed by atoms with van der Waals surface area (Å²) in [6.07, 6.45) is 10.7. The zero-order valence-corrected chi connectivity index (χ0v) is 21.9. The normalized spacial score (nSPS) is 33.6. The van der Waals surface area contributed by atoms with Gasteiger partial charge in [-0.1, -0.05) is 49.7 Å². The Hall–Kier alpha value is -1.85. The number of benzene rings is 1. The van der Waals surface area contributed by atoms with Crippen LogP contribution in [-0.2, 0) is 16.0 Å². The van der Waals surface area contributed by atoms with Crippen molar-refractivity contribution in [2.45, 2.75) is 58.8 Å². The molecule has 4 atom stereocenters. The van der Waals surface area contributed by atoms with Crippen LogP contribution < -0.4 is 11.5 Å². The molecule has 1 heterocycles. The van der Waals surface area contributed by atoms with Gasteiger partial charge in [0, 0.05) is 5.02 Å². The van der Waals surface area contributed by atoms with Crippen LogP contribution in [0, 0.1) is 39.9 Å². The molecule has 0 unspecified atom stereocenters. The fraction of sp³-hybridized carbons (Fsp3) is 0.655. The summed E-state index contributed by atoms with van der Waals surface area (Å²) in [5.74, 6) is 0.112. The number of carbonyl (C=O) groups excluding carboxylic acids is 2. The predicted octanol–water partition coefficient (Wildman–Crippen LogP) is 4.57. The summed E-state index contributed by atoms with van der Waals surface area (Å²) in [5, 5.41) is 0.689. The third kappa shape index (κ3) is 3.60. The molecule has 4 aliphatic rings. The van der Waals surface area contributed by atoms with Crippen molar-refractivity contribution >= 4 is 23.4 Å². The largest absolute Gasteiger partial charge is 0.369 e. The van der Waals surface area contributed by atoms with Crippen molar-refractivity contribution in [3.8, 4) is 0 Å². The van der Waals surface area contributed by atoms with Crippen molar-refractivity contribution < 1.29 is 9.59 Å². The van der Waals surface area contributed by atoms with Gasteiger partial charge < -0.3 is 16.4 Å². The minimum Gasteiger partial charge on any atom is -0.369 e. The SMILES string of the molecule is CC(C)CCN1CCC([C@@]2(C(N)=O)[C@@H]3C=C[C@@H](C34CC4)[C@@]2(CCc2ccc(Cl)cc2)C(N)=O)CC1. The van der Waals surface area contributed by atoms with Crippen LogP contribution in [-0.4, -0.2) is 36.3 Å². The van der Waals surface area contributed by atoms with Gasteiger partial charge in [0.25, 0.3) is 0 Å². The Morgan fingerprint density at radius 3 is 2.20 bits per heavy atom. The number of allylic oxidation sites excluding steroid dienone is 2. The Morgan fingerprint density at radius 1 is 1.03 bits per heavy atom. The molecule has 1 aliphatic heterocycles. The van der Waals surface area contributed by atoms with E-state index in [1.54, 1.807) is 0 Å². The molecule has 1 spiro atoms. The first-order valence-corrected chi connectivity index (χ1v) is 13.8. The number of hydrogen-bond donors (Lipinski definition) is 2.